The van der Waals surface area contributed by atoms with Gasteiger partial charge in [-0.2, -0.15) is 13.2 Å². The first-order chi connectivity index (χ1) is 12.1. The molecule has 2 aromatic carbocycles. The number of rotatable bonds is 5. The van der Waals surface area contributed by atoms with Crippen LogP contribution < -0.4 is 15.4 Å². The SMILES string of the molecule is CC(C)Oc1cccc(CNC(=S)Nc2ccc(Cl)c(C(F)(F)F)c2)c1. The Labute approximate surface area is 160 Å². The van der Waals surface area contributed by atoms with Crippen molar-refractivity contribution in [3.63, 3.8) is 0 Å². The van der Waals surface area contributed by atoms with E-state index in [0.29, 0.717) is 6.54 Å². The Kier molecular flexibility index (Phi) is 6.72. The van der Waals surface area contributed by atoms with E-state index < -0.39 is 11.7 Å². The number of hydrogen-bond donors (Lipinski definition) is 2. The summed E-state index contributed by atoms with van der Waals surface area (Å²) in [5, 5.41) is 5.53. The molecular formula is C18H18ClF3N2OS. The molecule has 2 aromatic rings. The first-order valence-electron chi connectivity index (χ1n) is 7.82. The van der Waals surface area contributed by atoms with Gasteiger partial charge in [-0.3, -0.25) is 0 Å². The molecule has 8 heteroatoms. The second-order valence-electron chi connectivity index (χ2n) is 5.81. The fourth-order valence-corrected chi connectivity index (χ4v) is 2.59. The minimum absolute atomic E-state index is 0.0636. The third kappa shape index (κ3) is 6.07. The van der Waals surface area contributed by atoms with Crippen molar-refractivity contribution in [2.24, 2.45) is 0 Å². The normalized spacial score (nSPS) is 11.3. The number of anilines is 1. The van der Waals surface area contributed by atoms with Gasteiger partial charge in [0.05, 0.1) is 16.7 Å². The van der Waals surface area contributed by atoms with E-state index in [1.165, 1.54) is 12.1 Å². The van der Waals surface area contributed by atoms with Gasteiger partial charge in [0, 0.05) is 12.2 Å². The molecular weight excluding hydrogens is 385 g/mol. The van der Waals surface area contributed by atoms with E-state index in [0.717, 1.165) is 17.4 Å². The van der Waals surface area contributed by atoms with Gasteiger partial charge in [0.15, 0.2) is 5.11 Å². The molecule has 140 valence electrons. The van der Waals surface area contributed by atoms with Gasteiger partial charge in [-0.05, 0) is 62.0 Å². The quantitative estimate of drug-likeness (QED) is 0.635. The lowest BCUT2D eigenvalue weighted by atomic mass is 10.2. The Balaban J connectivity index is 1.97. The summed E-state index contributed by atoms with van der Waals surface area (Å²) in [6, 6.07) is 11.0. The average molecular weight is 403 g/mol. The molecule has 0 heterocycles. The standard InChI is InChI=1S/C18H18ClF3N2OS/c1-11(2)25-14-5-3-4-12(8-14)10-23-17(26)24-13-6-7-16(19)15(9-13)18(20,21)22/h3-9,11H,10H2,1-2H3,(H2,23,24,26). The first-order valence-corrected chi connectivity index (χ1v) is 8.61. The van der Waals surface area contributed by atoms with Crippen LogP contribution in [-0.2, 0) is 12.7 Å². The first kappa shape index (κ1) is 20.3. The Morgan fingerprint density at radius 2 is 1.92 bits per heavy atom. The highest BCUT2D eigenvalue weighted by molar-refractivity contribution is 7.80. The maximum Gasteiger partial charge on any atom is 0.417 e. The molecule has 26 heavy (non-hydrogen) atoms. The maximum absolute atomic E-state index is 12.9. The molecule has 0 fully saturated rings. The molecule has 3 nitrogen and oxygen atoms in total. The number of ether oxygens (including phenoxy) is 1. The van der Waals surface area contributed by atoms with E-state index in [4.69, 9.17) is 28.6 Å². The van der Waals surface area contributed by atoms with Gasteiger partial charge in [-0.25, -0.2) is 0 Å². The van der Waals surface area contributed by atoms with Crippen molar-refractivity contribution in [1.82, 2.24) is 5.32 Å². The highest BCUT2D eigenvalue weighted by atomic mass is 35.5. The summed E-state index contributed by atoms with van der Waals surface area (Å²) in [5.41, 5.74) is 0.223. The molecule has 0 atom stereocenters. The van der Waals surface area contributed by atoms with Crippen LogP contribution in [0.2, 0.25) is 5.02 Å². The van der Waals surface area contributed by atoms with Gasteiger partial charge in [0.2, 0.25) is 0 Å². The van der Waals surface area contributed by atoms with Crippen LogP contribution >= 0.6 is 23.8 Å². The van der Waals surface area contributed by atoms with Crippen LogP contribution in [-0.4, -0.2) is 11.2 Å². The highest BCUT2D eigenvalue weighted by Gasteiger charge is 2.33. The van der Waals surface area contributed by atoms with Gasteiger partial charge in [-0.15, -0.1) is 0 Å². The van der Waals surface area contributed by atoms with E-state index >= 15 is 0 Å². The molecule has 0 spiro atoms. The predicted molar refractivity (Wildman–Crippen MR) is 102 cm³/mol. The van der Waals surface area contributed by atoms with Crippen LogP contribution in [0.25, 0.3) is 0 Å². The van der Waals surface area contributed by atoms with Crippen molar-refractivity contribution < 1.29 is 17.9 Å². The van der Waals surface area contributed by atoms with Crippen LogP contribution in [0.15, 0.2) is 42.5 Å². The van der Waals surface area contributed by atoms with E-state index in [9.17, 15) is 13.2 Å². The van der Waals surface area contributed by atoms with Crippen molar-refractivity contribution in [3.8, 4) is 5.75 Å². The number of nitrogens with one attached hydrogen (secondary N) is 2. The van der Waals surface area contributed by atoms with E-state index in [1.54, 1.807) is 0 Å². The average Bonchev–Trinajstić information content (AvgIpc) is 2.53. The summed E-state index contributed by atoms with van der Waals surface area (Å²) in [4.78, 5) is 0. The Morgan fingerprint density at radius 3 is 2.58 bits per heavy atom. The van der Waals surface area contributed by atoms with Gasteiger partial charge in [-0.1, -0.05) is 23.7 Å². The third-order valence-corrected chi connectivity index (χ3v) is 3.83. The van der Waals surface area contributed by atoms with Crippen LogP contribution in [0.1, 0.15) is 25.0 Å². The molecule has 0 aliphatic rings. The van der Waals surface area contributed by atoms with Crippen molar-refractivity contribution >= 4 is 34.6 Å². The van der Waals surface area contributed by atoms with E-state index in [2.05, 4.69) is 10.6 Å². The van der Waals surface area contributed by atoms with E-state index in [-0.39, 0.29) is 21.9 Å². The molecule has 0 unspecified atom stereocenters. The largest absolute Gasteiger partial charge is 0.491 e. The zero-order valence-corrected chi connectivity index (χ0v) is 15.7. The lowest BCUT2D eigenvalue weighted by molar-refractivity contribution is -0.137. The number of hydrogen-bond acceptors (Lipinski definition) is 2. The van der Waals surface area contributed by atoms with Gasteiger partial charge in [0.25, 0.3) is 0 Å². The summed E-state index contributed by atoms with van der Waals surface area (Å²) in [6.07, 6.45) is -4.46. The number of benzene rings is 2. The molecule has 0 saturated carbocycles. The van der Waals surface area contributed by atoms with E-state index in [1.807, 2.05) is 38.1 Å². The number of halogens is 4. The smallest absolute Gasteiger partial charge is 0.417 e. The van der Waals surface area contributed by atoms with Gasteiger partial charge >= 0.3 is 6.18 Å². The lowest BCUT2D eigenvalue weighted by Gasteiger charge is -2.14. The topological polar surface area (TPSA) is 33.3 Å². The molecule has 0 bridgehead atoms. The van der Waals surface area contributed by atoms with Crippen LogP contribution in [0.4, 0.5) is 18.9 Å². The summed E-state index contributed by atoms with van der Waals surface area (Å²) in [6.45, 7) is 4.28. The van der Waals surface area contributed by atoms with Crippen molar-refractivity contribution in [2.75, 3.05) is 5.32 Å². The zero-order chi connectivity index (χ0) is 19.3. The fourth-order valence-electron chi connectivity index (χ4n) is 2.18. The second kappa shape index (κ2) is 8.60. The third-order valence-electron chi connectivity index (χ3n) is 3.25. The lowest BCUT2D eigenvalue weighted by Crippen LogP contribution is -2.28. The predicted octanol–water partition coefficient (Wildman–Crippen LogP) is 5.63. The molecule has 2 rings (SSSR count). The fraction of sp³-hybridized carbons (Fsp3) is 0.278. The van der Waals surface area contributed by atoms with Crippen molar-refractivity contribution in [1.29, 1.82) is 0 Å². The molecule has 0 aliphatic heterocycles. The minimum Gasteiger partial charge on any atom is -0.491 e. The summed E-state index contributed by atoms with van der Waals surface area (Å²) in [7, 11) is 0. The molecule has 0 aromatic heterocycles. The minimum atomic E-state index is -4.53. The molecule has 0 saturated heterocycles. The molecule has 2 N–H and O–H groups in total. The van der Waals surface area contributed by atoms with Crippen LogP contribution in [0.3, 0.4) is 0 Å². The van der Waals surface area contributed by atoms with Crippen LogP contribution in [0.5, 0.6) is 5.75 Å². The molecule has 0 radical (unpaired) electrons. The Hall–Kier alpha value is -1.99. The summed E-state index contributed by atoms with van der Waals surface area (Å²) in [5.74, 6) is 0.741. The molecule has 0 aliphatic carbocycles. The monoisotopic (exact) mass is 402 g/mol. The number of thiocarbonyl (C=S) groups is 1. The van der Waals surface area contributed by atoms with Crippen LogP contribution in [0, 0.1) is 0 Å². The second-order valence-corrected chi connectivity index (χ2v) is 6.63. The highest BCUT2D eigenvalue weighted by Crippen LogP contribution is 2.36. The Bertz CT molecular complexity index is 781. The Morgan fingerprint density at radius 1 is 1.19 bits per heavy atom. The zero-order valence-electron chi connectivity index (χ0n) is 14.2. The summed E-state index contributed by atoms with van der Waals surface area (Å²) < 4.78 is 44.3. The van der Waals surface area contributed by atoms with Gasteiger partial charge in [0.1, 0.15) is 5.75 Å². The summed E-state index contributed by atoms with van der Waals surface area (Å²) >= 11 is 10.7. The molecule has 0 amide bonds. The van der Waals surface area contributed by atoms with Crippen molar-refractivity contribution in [3.05, 3.63) is 58.6 Å². The van der Waals surface area contributed by atoms with Crippen molar-refractivity contribution in [2.45, 2.75) is 32.7 Å². The number of alkyl halides is 3. The maximum atomic E-state index is 12.9. The van der Waals surface area contributed by atoms with Gasteiger partial charge < -0.3 is 15.4 Å².